The van der Waals surface area contributed by atoms with Gasteiger partial charge in [0.25, 0.3) is 0 Å². The number of amides is 1. The van der Waals surface area contributed by atoms with Gasteiger partial charge < -0.3 is 11.1 Å². The zero-order chi connectivity index (χ0) is 11.9. The first kappa shape index (κ1) is 14.4. The Morgan fingerprint density at radius 2 is 1.73 bits per heavy atom. The van der Waals surface area contributed by atoms with Crippen molar-refractivity contribution in [1.29, 1.82) is 0 Å². The van der Waals surface area contributed by atoms with Gasteiger partial charge in [-0.15, -0.1) is 0 Å². The quantitative estimate of drug-likeness (QED) is 0.681. The van der Waals surface area contributed by atoms with E-state index in [0.717, 1.165) is 25.7 Å². The molecule has 0 aromatic rings. The summed E-state index contributed by atoms with van der Waals surface area (Å²) >= 11 is 0. The van der Waals surface area contributed by atoms with Crippen molar-refractivity contribution in [2.45, 2.75) is 58.9 Å². The van der Waals surface area contributed by atoms with Crippen LogP contribution in [0.5, 0.6) is 0 Å². The Balaban J connectivity index is 4.24. The number of carbonyl (C=O) groups is 1. The summed E-state index contributed by atoms with van der Waals surface area (Å²) in [6.45, 7) is 8.62. The molecule has 0 atom stereocenters. The van der Waals surface area contributed by atoms with Crippen LogP contribution in [0, 0.1) is 5.92 Å². The summed E-state index contributed by atoms with van der Waals surface area (Å²) in [6, 6.07) is 0. The second-order valence-corrected chi connectivity index (χ2v) is 4.85. The van der Waals surface area contributed by atoms with Crippen LogP contribution in [-0.2, 0) is 4.79 Å². The average molecular weight is 214 g/mol. The van der Waals surface area contributed by atoms with Gasteiger partial charge in [0, 0.05) is 18.0 Å². The maximum Gasteiger partial charge on any atom is 0.223 e. The van der Waals surface area contributed by atoms with E-state index in [4.69, 9.17) is 5.73 Å². The fraction of sp³-hybridized carbons (Fsp3) is 0.917. The summed E-state index contributed by atoms with van der Waals surface area (Å²) < 4.78 is 0. The lowest BCUT2D eigenvalue weighted by Crippen LogP contribution is -2.50. The third-order valence-corrected chi connectivity index (χ3v) is 2.62. The van der Waals surface area contributed by atoms with E-state index >= 15 is 0 Å². The molecule has 0 radical (unpaired) electrons. The van der Waals surface area contributed by atoms with Gasteiger partial charge in [-0.25, -0.2) is 0 Å². The summed E-state index contributed by atoms with van der Waals surface area (Å²) in [5.41, 5.74) is 5.31. The first-order valence-electron chi connectivity index (χ1n) is 5.99. The van der Waals surface area contributed by atoms with Gasteiger partial charge in [0.15, 0.2) is 0 Å². The smallest absolute Gasteiger partial charge is 0.223 e. The van der Waals surface area contributed by atoms with Crippen LogP contribution in [0.1, 0.15) is 53.4 Å². The van der Waals surface area contributed by atoms with Crippen molar-refractivity contribution < 1.29 is 4.79 Å². The average Bonchev–Trinajstić information content (AvgIpc) is 2.17. The number of nitrogens with one attached hydrogen (secondary N) is 1. The van der Waals surface area contributed by atoms with Crippen molar-refractivity contribution in [3.05, 3.63) is 0 Å². The summed E-state index contributed by atoms with van der Waals surface area (Å²) in [5.74, 6) is 0.319. The Labute approximate surface area is 93.8 Å². The molecule has 0 aliphatic heterocycles. The van der Waals surface area contributed by atoms with E-state index in [1.165, 1.54) is 0 Å². The summed E-state index contributed by atoms with van der Waals surface area (Å²) in [5, 5.41) is 3.01. The molecule has 0 fully saturated rings. The van der Waals surface area contributed by atoms with Crippen LogP contribution in [0.3, 0.4) is 0 Å². The Hall–Kier alpha value is -0.570. The summed E-state index contributed by atoms with van der Waals surface area (Å²) in [6.07, 6.45) is 4.06. The van der Waals surface area contributed by atoms with E-state index in [1.807, 2.05) is 13.8 Å². The highest BCUT2D eigenvalue weighted by molar-refractivity contribution is 5.79. The second-order valence-electron chi connectivity index (χ2n) is 4.85. The van der Waals surface area contributed by atoms with Crippen LogP contribution in [-0.4, -0.2) is 18.0 Å². The van der Waals surface area contributed by atoms with Crippen LogP contribution >= 0.6 is 0 Å². The molecule has 0 bridgehead atoms. The van der Waals surface area contributed by atoms with Crippen LogP contribution in [0.15, 0.2) is 0 Å². The predicted octanol–water partition coefficient (Wildman–Crippen LogP) is 2.06. The highest BCUT2D eigenvalue weighted by Gasteiger charge is 2.23. The Kier molecular flexibility index (Phi) is 6.57. The number of hydrogen-bond acceptors (Lipinski definition) is 2. The largest absolute Gasteiger partial charge is 0.350 e. The first-order valence-corrected chi connectivity index (χ1v) is 5.99. The van der Waals surface area contributed by atoms with Gasteiger partial charge in [-0.3, -0.25) is 4.79 Å². The van der Waals surface area contributed by atoms with Crippen LogP contribution in [0.4, 0.5) is 0 Å². The van der Waals surface area contributed by atoms with E-state index in [-0.39, 0.29) is 17.4 Å². The summed E-state index contributed by atoms with van der Waals surface area (Å²) in [7, 11) is 0. The minimum absolute atomic E-state index is 0.158. The maximum atomic E-state index is 11.9. The van der Waals surface area contributed by atoms with E-state index in [1.54, 1.807) is 0 Å². The third kappa shape index (κ3) is 5.78. The molecule has 3 nitrogen and oxygen atoms in total. The van der Waals surface area contributed by atoms with E-state index in [0.29, 0.717) is 6.54 Å². The Morgan fingerprint density at radius 3 is 2.07 bits per heavy atom. The van der Waals surface area contributed by atoms with E-state index < -0.39 is 0 Å². The second kappa shape index (κ2) is 6.83. The van der Waals surface area contributed by atoms with E-state index in [9.17, 15) is 4.79 Å². The Morgan fingerprint density at radius 1 is 1.27 bits per heavy atom. The minimum atomic E-state index is -0.281. The van der Waals surface area contributed by atoms with Crippen LogP contribution in [0.2, 0.25) is 0 Å². The fourth-order valence-corrected chi connectivity index (χ4v) is 1.59. The normalized spacial score (nSPS) is 11.9. The molecule has 0 spiro atoms. The molecule has 0 heterocycles. The van der Waals surface area contributed by atoms with Gasteiger partial charge in [0.05, 0.1) is 0 Å². The van der Waals surface area contributed by atoms with Crippen molar-refractivity contribution in [2.75, 3.05) is 6.54 Å². The van der Waals surface area contributed by atoms with Crippen molar-refractivity contribution in [2.24, 2.45) is 11.7 Å². The third-order valence-electron chi connectivity index (χ3n) is 2.62. The van der Waals surface area contributed by atoms with Gasteiger partial charge >= 0.3 is 0 Å². The molecular formula is C12H26N2O. The molecule has 0 aliphatic rings. The molecule has 0 saturated carbocycles. The minimum Gasteiger partial charge on any atom is -0.350 e. The standard InChI is InChI=1S/C12H26N2O/c1-5-7-10(8-6-2)11(15)14-12(3,4)9-13/h10H,5-9,13H2,1-4H3,(H,14,15). The molecule has 15 heavy (non-hydrogen) atoms. The van der Waals surface area contributed by atoms with Gasteiger partial charge in [-0.2, -0.15) is 0 Å². The molecule has 0 aromatic heterocycles. The maximum absolute atomic E-state index is 11.9. The topological polar surface area (TPSA) is 55.1 Å². The van der Waals surface area contributed by atoms with Crippen molar-refractivity contribution in [1.82, 2.24) is 5.32 Å². The lowest BCUT2D eigenvalue weighted by atomic mass is 9.95. The zero-order valence-corrected chi connectivity index (χ0v) is 10.6. The molecule has 90 valence electrons. The lowest BCUT2D eigenvalue weighted by molar-refractivity contribution is -0.127. The Bertz CT molecular complexity index is 184. The van der Waals surface area contributed by atoms with Gasteiger partial charge in [-0.05, 0) is 26.7 Å². The van der Waals surface area contributed by atoms with Gasteiger partial charge in [0.1, 0.15) is 0 Å². The highest BCUT2D eigenvalue weighted by Crippen LogP contribution is 2.15. The molecule has 0 aliphatic carbocycles. The van der Waals surface area contributed by atoms with E-state index in [2.05, 4.69) is 19.2 Å². The SMILES string of the molecule is CCCC(CCC)C(=O)NC(C)(C)CN. The molecular weight excluding hydrogens is 188 g/mol. The fourth-order valence-electron chi connectivity index (χ4n) is 1.59. The molecule has 3 heteroatoms. The lowest BCUT2D eigenvalue weighted by Gasteiger charge is -2.27. The molecule has 0 aromatic carbocycles. The number of hydrogen-bond donors (Lipinski definition) is 2. The van der Waals surface area contributed by atoms with Gasteiger partial charge in [0.2, 0.25) is 5.91 Å². The van der Waals surface area contributed by atoms with Crippen molar-refractivity contribution in [3.8, 4) is 0 Å². The van der Waals surface area contributed by atoms with Gasteiger partial charge in [-0.1, -0.05) is 26.7 Å². The predicted molar refractivity (Wildman–Crippen MR) is 64.6 cm³/mol. The molecule has 0 rings (SSSR count). The van der Waals surface area contributed by atoms with Crippen molar-refractivity contribution >= 4 is 5.91 Å². The van der Waals surface area contributed by atoms with Crippen LogP contribution < -0.4 is 11.1 Å². The molecule has 0 saturated heterocycles. The number of nitrogens with two attached hydrogens (primary N) is 1. The highest BCUT2D eigenvalue weighted by atomic mass is 16.2. The van der Waals surface area contributed by atoms with Crippen molar-refractivity contribution in [3.63, 3.8) is 0 Å². The number of carbonyl (C=O) groups excluding carboxylic acids is 1. The van der Waals surface area contributed by atoms with Crippen LogP contribution in [0.25, 0.3) is 0 Å². The summed E-state index contributed by atoms with van der Waals surface area (Å²) in [4.78, 5) is 11.9. The molecule has 1 amide bonds. The molecule has 0 unspecified atom stereocenters. The monoisotopic (exact) mass is 214 g/mol. The molecule has 3 N–H and O–H groups in total. The first-order chi connectivity index (χ1) is 6.96. The zero-order valence-electron chi connectivity index (χ0n) is 10.6. The number of rotatable bonds is 7.